The van der Waals surface area contributed by atoms with Gasteiger partial charge < -0.3 is 24.7 Å². The molecule has 1 amide bonds. The van der Waals surface area contributed by atoms with Crippen LogP contribution in [0.5, 0.6) is 5.75 Å². The highest BCUT2D eigenvalue weighted by Gasteiger charge is 2.32. The second-order valence-corrected chi connectivity index (χ2v) is 9.60. The molecule has 2 atom stereocenters. The average molecular weight is 522 g/mol. The van der Waals surface area contributed by atoms with E-state index in [1.165, 1.54) is 24.1 Å². The molecule has 11 heteroatoms. The van der Waals surface area contributed by atoms with Crippen LogP contribution in [-0.4, -0.2) is 68.9 Å². The Morgan fingerprint density at radius 1 is 1.19 bits per heavy atom. The molecule has 1 unspecified atom stereocenters. The summed E-state index contributed by atoms with van der Waals surface area (Å²) in [6.07, 6.45) is -0.507. The van der Waals surface area contributed by atoms with Gasteiger partial charge in [-0.25, -0.2) is 14.2 Å². The van der Waals surface area contributed by atoms with E-state index in [0.717, 1.165) is 0 Å². The summed E-state index contributed by atoms with van der Waals surface area (Å²) < 4.78 is 23.9. The van der Waals surface area contributed by atoms with Crippen molar-refractivity contribution < 1.29 is 33.7 Å². The number of aromatic nitrogens is 2. The predicted molar refractivity (Wildman–Crippen MR) is 134 cm³/mol. The molecule has 10 nitrogen and oxygen atoms in total. The zero-order valence-electron chi connectivity index (χ0n) is 21.9. The zero-order chi connectivity index (χ0) is 27.8. The van der Waals surface area contributed by atoms with Crippen LogP contribution in [0, 0.1) is 5.82 Å². The number of aliphatic hydroxyl groups excluding tert-OH is 1. The fraction of sp³-hybridized carbons (Fsp3) is 0.538. The number of nitrogens with one attached hydrogen (secondary N) is 1. The largest absolute Gasteiger partial charge is 0.501 e. The topological polar surface area (TPSA) is 142 Å². The van der Waals surface area contributed by atoms with Gasteiger partial charge in [0, 0.05) is 20.1 Å². The molecule has 1 aromatic carbocycles. The van der Waals surface area contributed by atoms with E-state index in [9.17, 15) is 29.0 Å². The molecule has 0 spiro atoms. The molecule has 2 rings (SSSR count). The number of hydrogen-bond donors (Lipinski definition) is 3. The maximum atomic E-state index is 13.2. The van der Waals surface area contributed by atoms with Crippen molar-refractivity contribution in [3.63, 3.8) is 0 Å². The number of aromatic hydroxyl groups is 1. The lowest BCUT2D eigenvalue weighted by molar-refractivity contribution is 0.00855. The second-order valence-electron chi connectivity index (χ2n) is 9.60. The van der Waals surface area contributed by atoms with Gasteiger partial charge in [-0.1, -0.05) is 12.1 Å². The lowest BCUT2D eigenvalue weighted by atomic mass is 10.0. The molecule has 3 N–H and O–H groups in total. The third-order valence-electron chi connectivity index (χ3n) is 5.69. The maximum Gasteiger partial charge on any atom is 0.410 e. The first-order valence-electron chi connectivity index (χ1n) is 12.1. The van der Waals surface area contributed by atoms with Gasteiger partial charge in [-0.2, -0.15) is 0 Å². The van der Waals surface area contributed by atoms with Gasteiger partial charge in [0.15, 0.2) is 11.5 Å². The first kappa shape index (κ1) is 29.9. The van der Waals surface area contributed by atoms with Crippen LogP contribution in [0.4, 0.5) is 9.18 Å². The first-order valence-corrected chi connectivity index (χ1v) is 12.1. The van der Waals surface area contributed by atoms with E-state index >= 15 is 0 Å². The maximum absolute atomic E-state index is 13.2. The lowest BCUT2D eigenvalue weighted by Gasteiger charge is -2.33. The van der Waals surface area contributed by atoms with Crippen molar-refractivity contribution in [2.75, 3.05) is 20.3 Å². The highest BCUT2D eigenvalue weighted by Crippen LogP contribution is 2.27. The molecule has 0 saturated carbocycles. The number of aromatic amines is 1. The molecule has 204 valence electrons. The van der Waals surface area contributed by atoms with Gasteiger partial charge in [-0.15, -0.1) is 0 Å². The minimum absolute atomic E-state index is 0.00608. The number of methoxy groups -OCH3 is 1. The van der Waals surface area contributed by atoms with Crippen LogP contribution >= 0.6 is 0 Å². The summed E-state index contributed by atoms with van der Waals surface area (Å²) in [5, 5.41) is 19.9. The average Bonchev–Trinajstić information content (AvgIpc) is 2.83. The Morgan fingerprint density at radius 3 is 2.38 bits per heavy atom. The van der Waals surface area contributed by atoms with E-state index in [-0.39, 0.29) is 38.2 Å². The van der Waals surface area contributed by atoms with Gasteiger partial charge in [0.1, 0.15) is 17.2 Å². The number of hydrogen-bond acceptors (Lipinski definition) is 8. The van der Waals surface area contributed by atoms with Crippen molar-refractivity contribution in [3.8, 4) is 5.75 Å². The molecule has 0 saturated heterocycles. The van der Waals surface area contributed by atoms with E-state index in [2.05, 4.69) is 9.97 Å². The van der Waals surface area contributed by atoms with Crippen molar-refractivity contribution in [1.82, 2.24) is 14.9 Å². The highest BCUT2D eigenvalue weighted by atomic mass is 19.1. The van der Waals surface area contributed by atoms with Crippen molar-refractivity contribution in [1.29, 1.82) is 0 Å². The molecule has 0 radical (unpaired) electrons. The number of ether oxygens (including phenoxy) is 2. The standard InChI is InChI=1S/C26H36FN3O7/c1-6-30(25(35)37-26(2,3)4)19(13-12-18(15-31)36-5)23-28-21(22(33)24(34)29-23)20(32)14-9-16-7-10-17(27)11-8-16/h7-8,10-11,18-19,31,33H,6,9,12-15H2,1-5H3,(H,28,29,34)/t18-,19?/m0/s1. The molecule has 37 heavy (non-hydrogen) atoms. The fourth-order valence-electron chi connectivity index (χ4n) is 3.73. The molecule has 0 bridgehead atoms. The monoisotopic (exact) mass is 521 g/mol. The van der Waals surface area contributed by atoms with Crippen molar-refractivity contribution in [2.24, 2.45) is 0 Å². The van der Waals surface area contributed by atoms with Crippen LogP contribution in [0.25, 0.3) is 0 Å². The van der Waals surface area contributed by atoms with Crippen LogP contribution in [-0.2, 0) is 15.9 Å². The van der Waals surface area contributed by atoms with E-state index < -0.39 is 52.4 Å². The smallest absolute Gasteiger partial charge is 0.410 e. The number of aliphatic hydroxyl groups is 1. The SMILES string of the molecule is CCN(C(=O)OC(C)(C)C)C(CC[C@@H](CO)OC)c1nc(C(=O)CCc2ccc(F)cc2)c(O)c(=O)[nH]1. The van der Waals surface area contributed by atoms with Crippen LogP contribution in [0.15, 0.2) is 29.1 Å². The molecular formula is C26H36FN3O7. The third-order valence-corrected chi connectivity index (χ3v) is 5.69. The molecule has 1 aromatic heterocycles. The van der Waals surface area contributed by atoms with E-state index in [1.807, 2.05) is 0 Å². The summed E-state index contributed by atoms with van der Waals surface area (Å²) in [6.45, 7) is 6.82. The van der Waals surface area contributed by atoms with Crippen molar-refractivity contribution >= 4 is 11.9 Å². The molecule has 2 aromatic rings. The predicted octanol–water partition coefficient (Wildman–Crippen LogP) is 3.52. The van der Waals surface area contributed by atoms with Crippen molar-refractivity contribution in [2.45, 2.75) is 71.1 Å². The molecular weight excluding hydrogens is 485 g/mol. The Balaban J connectivity index is 2.42. The number of benzene rings is 1. The second kappa shape index (κ2) is 13.3. The Morgan fingerprint density at radius 2 is 1.84 bits per heavy atom. The molecule has 0 aliphatic carbocycles. The van der Waals surface area contributed by atoms with Gasteiger partial charge in [0.25, 0.3) is 5.56 Å². The van der Waals surface area contributed by atoms with Crippen LogP contribution < -0.4 is 5.56 Å². The Hall–Kier alpha value is -3.31. The number of nitrogens with zero attached hydrogens (tertiary/aromatic N) is 2. The number of H-pyrrole nitrogens is 1. The zero-order valence-corrected chi connectivity index (χ0v) is 21.9. The van der Waals surface area contributed by atoms with Crippen LogP contribution in [0.2, 0.25) is 0 Å². The van der Waals surface area contributed by atoms with Crippen molar-refractivity contribution in [3.05, 3.63) is 57.5 Å². The van der Waals surface area contributed by atoms with Gasteiger partial charge in [-0.05, 0) is 64.7 Å². The molecule has 0 aliphatic rings. The number of ketones is 1. The third kappa shape index (κ3) is 8.64. The lowest BCUT2D eigenvalue weighted by Crippen LogP contribution is -2.41. The number of Topliss-reactive ketones (excluding diaryl/α,β-unsaturated/α-hetero) is 1. The number of aryl methyl sites for hydroxylation is 1. The first-order chi connectivity index (χ1) is 17.4. The molecule has 0 fully saturated rings. The summed E-state index contributed by atoms with van der Waals surface area (Å²) >= 11 is 0. The van der Waals surface area contributed by atoms with E-state index in [1.54, 1.807) is 39.8 Å². The number of carbonyl (C=O) groups excluding carboxylic acids is 2. The minimum Gasteiger partial charge on any atom is -0.501 e. The summed E-state index contributed by atoms with van der Waals surface area (Å²) in [4.78, 5) is 46.7. The van der Waals surface area contributed by atoms with E-state index in [0.29, 0.717) is 12.0 Å². The molecule has 0 aliphatic heterocycles. The highest BCUT2D eigenvalue weighted by molar-refractivity contribution is 5.96. The molecule has 1 heterocycles. The summed E-state index contributed by atoms with van der Waals surface area (Å²) in [5.74, 6) is -1.81. The van der Waals surface area contributed by atoms with Gasteiger partial charge in [0.2, 0.25) is 5.75 Å². The Labute approximate surface area is 215 Å². The van der Waals surface area contributed by atoms with E-state index in [4.69, 9.17) is 9.47 Å². The summed E-state index contributed by atoms with van der Waals surface area (Å²) in [5.41, 5.74) is -1.43. The number of carbonyl (C=O) groups is 2. The number of amides is 1. The van der Waals surface area contributed by atoms with Gasteiger partial charge in [0.05, 0.1) is 18.8 Å². The Kier molecular flexibility index (Phi) is 10.8. The quantitative estimate of drug-likeness (QED) is 0.360. The fourth-order valence-corrected chi connectivity index (χ4v) is 3.73. The normalized spacial score (nSPS) is 13.2. The summed E-state index contributed by atoms with van der Waals surface area (Å²) in [7, 11) is 1.44. The van der Waals surface area contributed by atoms with Crippen LogP contribution in [0.3, 0.4) is 0 Å². The minimum atomic E-state index is -0.925. The van der Waals surface area contributed by atoms with Gasteiger partial charge in [-0.3, -0.25) is 14.5 Å². The van der Waals surface area contributed by atoms with Crippen LogP contribution in [0.1, 0.15) is 74.9 Å². The summed E-state index contributed by atoms with van der Waals surface area (Å²) in [6, 6.07) is 4.80. The number of halogens is 1. The Bertz CT molecular complexity index is 1110. The van der Waals surface area contributed by atoms with Gasteiger partial charge >= 0.3 is 6.09 Å². The number of rotatable bonds is 12.